The highest BCUT2D eigenvalue weighted by atomic mass is 16.4. The summed E-state index contributed by atoms with van der Waals surface area (Å²) in [5.74, 6) is -0.738. The van der Waals surface area contributed by atoms with Gasteiger partial charge in [0.1, 0.15) is 5.54 Å². The second kappa shape index (κ2) is 6.87. The zero-order chi connectivity index (χ0) is 14.6. The van der Waals surface area contributed by atoms with Crippen LogP contribution >= 0.6 is 0 Å². The van der Waals surface area contributed by atoms with E-state index in [2.05, 4.69) is 15.1 Å². The van der Waals surface area contributed by atoms with Crippen LogP contribution in [0, 0.1) is 0 Å². The number of carboxylic acid groups (broad SMARTS) is 1. The maximum Gasteiger partial charge on any atom is 0.323 e. The molecular weight excluding hydrogens is 254 g/mol. The van der Waals surface area contributed by atoms with E-state index in [1.54, 1.807) is 6.92 Å². The van der Waals surface area contributed by atoms with Gasteiger partial charge in [0.15, 0.2) is 0 Å². The number of carbonyl (C=O) groups is 1. The van der Waals surface area contributed by atoms with Crippen LogP contribution in [0.2, 0.25) is 0 Å². The normalized spacial score (nSPS) is 24.5. The Hall–Kier alpha value is -0.650. The molecule has 2 fully saturated rings. The molecule has 2 aliphatic rings. The van der Waals surface area contributed by atoms with E-state index in [-0.39, 0.29) is 0 Å². The van der Waals surface area contributed by atoms with Crippen LogP contribution in [0.15, 0.2) is 0 Å². The molecule has 1 unspecified atom stereocenters. The zero-order valence-corrected chi connectivity index (χ0v) is 12.9. The molecule has 1 saturated carbocycles. The molecule has 1 aliphatic heterocycles. The monoisotopic (exact) mass is 283 g/mol. The van der Waals surface area contributed by atoms with E-state index < -0.39 is 11.5 Å². The summed E-state index contributed by atoms with van der Waals surface area (Å²) in [5, 5.41) is 12.4. The molecule has 116 valence electrons. The first kappa shape index (κ1) is 15.7. The largest absolute Gasteiger partial charge is 0.480 e. The molecule has 1 heterocycles. The molecule has 2 N–H and O–H groups in total. The molecule has 0 bridgehead atoms. The quantitative estimate of drug-likeness (QED) is 0.696. The van der Waals surface area contributed by atoms with Crippen molar-refractivity contribution >= 4 is 5.97 Å². The number of aliphatic carboxylic acids is 1. The van der Waals surface area contributed by atoms with Gasteiger partial charge in [0.05, 0.1) is 0 Å². The molecule has 1 atom stereocenters. The Bertz CT molecular complexity index is 325. The van der Waals surface area contributed by atoms with Gasteiger partial charge in [-0.2, -0.15) is 0 Å². The lowest BCUT2D eigenvalue weighted by molar-refractivity contribution is -0.144. The molecule has 0 aromatic heterocycles. The van der Waals surface area contributed by atoms with Gasteiger partial charge in [-0.1, -0.05) is 6.92 Å². The summed E-state index contributed by atoms with van der Waals surface area (Å²) in [7, 11) is 0. The van der Waals surface area contributed by atoms with E-state index in [1.165, 1.54) is 25.9 Å². The van der Waals surface area contributed by atoms with Crippen LogP contribution < -0.4 is 5.32 Å². The predicted molar refractivity (Wildman–Crippen MR) is 80.0 cm³/mol. The first-order chi connectivity index (χ1) is 9.55. The average molecular weight is 283 g/mol. The fourth-order valence-corrected chi connectivity index (χ4v) is 3.11. The van der Waals surface area contributed by atoms with Crippen molar-refractivity contribution in [2.24, 2.45) is 0 Å². The molecule has 1 aliphatic carbocycles. The van der Waals surface area contributed by atoms with Gasteiger partial charge in [-0.05, 0) is 45.7 Å². The minimum Gasteiger partial charge on any atom is -0.480 e. The summed E-state index contributed by atoms with van der Waals surface area (Å²) in [6, 6.07) is 0.876. The number of hydrogen-bond acceptors (Lipinski definition) is 4. The van der Waals surface area contributed by atoms with Crippen LogP contribution in [0.4, 0.5) is 0 Å². The van der Waals surface area contributed by atoms with Gasteiger partial charge in [-0.3, -0.25) is 9.69 Å². The highest BCUT2D eigenvalue weighted by molar-refractivity contribution is 5.78. The summed E-state index contributed by atoms with van der Waals surface area (Å²) in [6.07, 6.45) is 4.41. The Balaban J connectivity index is 1.66. The van der Waals surface area contributed by atoms with Crippen molar-refractivity contribution in [1.29, 1.82) is 0 Å². The Labute approximate surface area is 122 Å². The van der Waals surface area contributed by atoms with E-state index in [0.717, 1.165) is 32.1 Å². The zero-order valence-electron chi connectivity index (χ0n) is 12.9. The van der Waals surface area contributed by atoms with Crippen LogP contribution in [-0.2, 0) is 4.79 Å². The molecule has 0 spiro atoms. The first-order valence-electron chi connectivity index (χ1n) is 8.00. The van der Waals surface area contributed by atoms with Gasteiger partial charge in [-0.15, -0.1) is 0 Å². The fraction of sp³-hybridized carbons (Fsp3) is 0.933. The smallest absolute Gasteiger partial charge is 0.323 e. The standard InChI is InChI=1S/C15H29N3O2/c1-3-16-15(2,14(19)20)7-4-8-17-9-11-18(12-10-17)13-5-6-13/h13,16H,3-12H2,1-2H3,(H,19,20). The first-order valence-corrected chi connectivity index (χ1v) is 8.00. The molecule has 1 saturated heterocycles. The van der Waals surface area contributed by atoms with E-state index >= 15 is 0 Å². The highest BCUT2D eigenvalue weighted by Crippen LogP contribution is 2.27. The Kier molecular flexibility index (Phi) is 5.41. The molecule has 20 heavy (non-hydrogen) atoms. The van der Waals surface area contributed by atoms with Gasteiger partial charge in [0, 0.05) is 32.2 Å². The maximum atomic E-state index is 11.3. The number of rotatable bonds is 8. The Morgan fingerprint density at radius 3 is 2.45 bits per heavy atom. The summed E-state index contributed by atoms with van der Waals surface area (Å²) >= 11 is 0. The number of piperazine rings is 1. The second-order valence-corrected chi connectivity index (χ2v) is 6.38. The van der Waals surface area contributed by atoms with Gasteiger partial charge >= 0.3 is 5.97 Å². The van der Waals surface area contributed by atoms with Gasteiger partial charge in [0.2, 0.25) is 0 Å². The number of nitrogens with zero attached hydrogens (tertiary/aromatic N) is 2. The highest BCUT2D eigenvalue weighted by Gasteiger charge is 2.33. The maximum absolute atomic E-state index is 11.3. The average Bonchev–Trinajstić information content (AvgIpc) is 3.24. The van der Waals surface area contributed by atoms with E-state index in [1.807, 2.05) is 6.92 Å². The fourth-order valence-electron chi connectivity index (χ4n) is 3.11. The van der Waals surface area contributed by atoms with E-state index in [4.69, 9.17) is 0 Å². The van der Waals surface area contributed by atoms with Crippen LogP contribution in [-0.4, -0.2) is 71.7 Å². The van der Waals surface area contributed by atoms with Crippen molar-refractivity contribution < 1.29 is 9.90 Å². The lowest BCUT2D eigenvalue weighted by Crippen LogP contribution is -2.50. The number of nitrogens with one attached hydrogen (secondary N) is 1. The third kappa shape index (κ3) is 4.17. The minimum atomic E-state index is -0.773. The molecule has 5 heteroatoms. The van der Waals surface area contributed by atoms with Crippen molar-refractivity contribution in [1.82, 2.24) is 15.1 Å². The van der Waals surface area contributed by atoms with Crippen molar-refractivity contribution in [3.05, 3.63) is 0 Å². The second-order valence-electron chi connectivity index (χ2n) is 6.38. The summed E-state index contributed by atoms with van der Waals surface area (Å²) in [5.41, 5.74) is -0.773. The Morgan fingerprint density at radius 2 is 1.95 bits per heavy atom. The molecule has 0 radical (unpaired) electrons. The summed E-state index contributed by atoms with van der Waals surface area (Å²) < 4.78 is 0. The van der Waals surface area contributed by atoms with Crippen LogP contribution in [0.25, 0.3) is 0 Å². The van der Waals surface area contributed by atoms with Crippen LogP contribution in [0.5, 0.6) is 0 Å². The SMILES string of the molecule is CCNC(C)(CCCN1CCN(C2CC2)CC1)C(=O)O. The summed E-state index contributed by atoms with van der Waals surface area (Å²) in [6.45, 7) is 10.1. The van der Waals surface area contributed by atoms with E-state index in [9.17, 15) is 9.90 Å². The van der Waals surface area contributed by atoms with Crippen molar-refractivity contribution in [2.45, 2.75) is 51.1 Å². The number of hydrogen-bond donors (Lipinski definition) is 2. The van der Waals surface area contributed by atoms with Crippen molar-refractivity contribution in [2.75, 3.05) is 39.3 Å². The molecule has 2 rings (SSSR count). The predicted octanol–water partition coefficient (Wildman–Crippen LogP) is 0.999. The molecular formula is C15H29N3O2. The van der Waals surface area contributed by atoms with Crippen molar-refractivity contribution in [3.63, 3.8) is 0 Å². The molecule has 0 aromatic rings. The molecule has 5 nitrogen and oxygen atoms in total. The Morgan fingerprint density at radius 1 is 1.30 bits per heavy atom. The molecule has 0 amide bonds. The topological polar surface area (TPSA) is 55.8 Å². The van der Waals surface area contributed by atoms with Gasteiger partial charge in [-0.25, -0.2) is 0 Å². The lowest BCUT2D eigenvalue weighted by atomic mass is 9.95. The number of likely N-dealkylation sites (N-methyl/N-ethyl adjacent to an activating group) is 1. The minimum absolute atomic E-state index is 0.693. The third-order valence-corrected chi connectivity index (χ3v) is 4.66. The molecule has 0 aromatic carbocycles. The van der Waals surface area contributed by atoms with Crippen LogP contribution in [0.3, 0.4) is 0 Å². The summed E-state index contributed by atoms with van der Waals surface area (Å²) in [4.78, 5) is 16.4. The van der Waals surface area contributed by atoms with E-state index in [0.29, 0.717) is 13.0 Å². The lowest BCUT2D eigenvalue weighted by Gasteiger charge is -2.35. The number of carboxylic acids is 1. The van der Waals surface area contributed by atoms with Crippen LogP contribution in [0.1, 0.15) is 39.5 Å². The third-order valence-electron chi connectivity index (χ3n) is 4.66. The van der Waals surface area contributed by atoms with Crippen molar-refractivity contribution in [3.8, 4) is 0 Å². The van der Waals surface area contributed by atoms with Gasteiger partial charge in [0.25, 0.3) is 0 Å². The van der Waals surface area contributed by atoms with Gasteiger partial charge < -0.3 is 15.3 Å².